The van der Waals surface area contributed by atoms with Crippen LogP contribution in [-0.4, -0.2) is 16.8 Å². The van der Waals surface area contributed by atoms with Crippen LogP contribution in [-0.2, 0) is 11.4 Å². The highest BCUT2D eigenvalue weighted by Gasteiger charge is 2.33. The Kier molecular flexibility index (Phi) is 7.33. The number of nitrogens with zero attached hydrogens (tertiary/aromatic N) is 1. The van der Waals surface area contributed by atoms with Gasteiger partial charge in [0.2, 0.25) is 0 Å². The molecule has 1 saturated heterocycles. The highest BCUT2D eigenvalue weighted by Crippen LogP contribution is 2.40. The molecule has 1 fully saturated rings. The summed E-state index contributed by atoms with van der Waals surface area (Å²) in [5.74, 6) is 0.266. The summed E-state index contributed by atoms with van der Waals surface area (Å²) in [5, 5.41) is 0.372. The molecule has 0 bridgehead atoms. The fourth-order valence-corrected chi connectivity index (χ4v) is 4.81. The van der Waals surface area contributed by atoms with Crippen molar-refractivity contribution in [3.63, 3.8) is 0 Å². The average Bonchev–Trinajstić information content (AvgIpc) is 3.07. The number of thioether (sulfide) groups is 1. The summed E-state index contributed by atoms with van der Waals surface area (Å²) in [4.78, 5) is 14.8. The Bertz CT molecular complexity index is 1220. The van der Waals surface area contributed by atoms with E-state index in [0.717, 1.165) is 5.56 Å². The van der Waals surface area contributed by atoms with Crippen LogP contribution in [0.2, 0.25) is 5.02 Å². The molecule has 3 aromatic rings. The van der Waals surface area contributed by atoms with E-state index in [1.807, 2.05) is 37.3 Å². The number of carbonyl (C=O) groups is 1. The molecule has 0 unspecified atom stereocenters. The Labute approximate surface area is 206 Å². The minimum absolute atomic E-state index is 0.282. The SMILES string of the molecule is CCOc1cc(/C=C2\SC(=S)N(c3ccc(F)cc3)C2=O)cc(Cl)c1OCc1ccccc1. The van der Waals surface area contributed by atoms with Crippen LogP contribution in [0.1, 0.15) is 18.1 Å². The van der Waals surface area contributed by atoms with Gasteiger partial charge in [0.25, 0.3) is 5.91 Å². The quantitative estimate of drug-likeness (QED) is 0.262. The van der Waals surface area contributed by atoms with Crippen molar-refractivity contribution in [2.24, 2.45) is 0 Å². The van der Waals surface area contributed by atoms with E-state index in [1.165, 1.54) is 40.9 Å². The van der Waals surface area contributed by atoms with Crippen molar-refractivity contribution in [1.29, 1.82) is 0 Å². The summed E-state index contributed by atoms with van der Waals surface area (Å²) in [7, 11) is 0. The van der Waals surface area contributed by atoms with E-state index in [-0.39, 0.29) is 11.7 Å². The van der Waals surface area contributed by atoms with E-state index in [4.69, 9.17) is 33.3 Å². The molecular formula is C25H19ClFNO3S2. The maximum Gasteiger partial charge on any atom is 0.270 e. The Balaban J connectivity index is 1.60. The number of halogens is 2. The van der Waals surface area contributed by atoms with Crippen molar-refractivity contribution in [1.82, 2.24) is 0 Å². The third kappa shape index (κ3) is 5.38. The Hall–Kier alpha value is -2.87. The third-order valence-corrected chi connectivity index (χ3v) is 6.32. The van der Waals surface area contributed by atoms with Crippen molar-refractivity contribution in [3.05, 3.63) is 93.6 Å². The van der Waals surface area contributed by atoms with Crippen LogP contribution in [0.25, 0.3) is 6.08 Å². The van der Waals surface area contributed by atoms with Crippen LogP contribution in [0, 0.1) is 5.82 Å². The molecule has 33 heavy (non-hydrogen) atoms. The van der Waals surface area contributed by atoms with Crippen LogP contribution in [0.5, 0.6) is 11.5 Å². The molecule has 1 aliphatic rings. The number of anilines is 1. The van der Waals surface area contributed by atoms with Gasteiger partial charge in [-0.1, -0.05) is 65.9 Å². The number of ether oxygens (including phenoxy) is 2. The second kappa shape index (κ2) is 10.4. The molecule has 4 nitrogen and oxygen atoms in total. The summed E-state index contributed by atoms with van der Waals surface area (Å²) in [6.07, 6.45) is 1.71. The lowest BCUT2D eigenvalue weighted by Gasteiger charge is -2.15. The first-order chi connectivity index (χ1) is 16.0. The molecule has 0 aromatic heterocycles. The molecule has 0 saturated carbocycles. The first-order valence-corrected chi connectivity index (χ1v) is 11.7. The van der Waals surface area contributed by atoms with Gasteiger partial charge in [-0.25, -0.2) is 4.39 Å². The van der Waals surface area contributed by atoms with Crippen molar-refractivity contribution < 1.29 is 18.7 Å². The minimum Gasteiger partial charge on any atom is -0.490 e. The highest BCUT2D eigenvalue weighted by atomic mass is 35.5. The van der Waals surface area contributed by atoms with E-state index in [0.29, 0.717) is 50.2 Å². The van der Waals surface area contributed by atoms with Gasteiger partial charge in [0, 0.05) is 0 Å². The zero-order valence-corrected chi connectivity index (χ0v) is 20.0. The zero-order chi connectivity index (χ0) is 23.4. The van der Waals surface area contributed by atoms with Crippen LogP contribution in [0.3, 0.4) is 0 Å². The number of amides is 1. The fraction of sp³-hybridized carbons (Fsp3) is 0.120. The van der Waals surface area contributed by atoms with Gasteiger partial charge in [0.1, 0.15) is 12.4 Å². The van der Waals surface area contributed by atoms with Crippen molar-refractivity contribution in [2.45, 2.75) is 13.5 Å². The normalized spacial score (nSPS) is 14.8. The molecule has 168 valence electrons. The van der Waals surface area contributed by atoms with Gasteiger partial charge >= 0.3 is 0 Å². The molecular weight excluding hydrogens is 481 g/mol. The minimum atomic E-state index is -0.382. The summed E-state index contributed by atoms with van der Waals surface area (Å²) in [6.45, 7) is 2.64. The van der Waals surface area contributed by atoms with Crippen molar-refractivity contribution in [3.8, 4) is 11.5 Å². The molecule has 0 atom stereocenters. The van der Waals surface area contributed by atoms with E-state index in [1.54, 1.807) is 18.2 Å². The van der Waals surface area contributed by atoms with Gasteiger partial charge in [-0.2, -0.15) is 0 Å². The molecule has 0 aliphatic carbocycles. The standard InChI is InChI=1S/C25H19ClFNO3S2/c1-2-30-21-13-17(12-20(26)23(21)31-15-16-6-4-3-5-7-16)14-22-24(29)28(25(32)33-22)19-10-8-18(27)9-11-19/h3-14H,2,15H2,1H3/b22-14-. The van der Waals surface area contributed by atoms with E-state index in [2.05, 4.69) is 0 Å². The Morgan fingerprint density at radius 2 is 1.82 bits per heavy atom. The number of hydrogen-bond donors (Lipinski definition) is 0. The predicted octanol–water partition coefficient (Wildman–Crippen LogP) is 6.86. The molecule has 0 N–H and O–H groups in total. The number of thiocarbonyl (C=S) groups is 1. The number of hydrogen-bond acceptors (Lipinski definition) is 5. The predicted molar refractivity (Wildman–Crippen MR) is 135 cm³/mol. The summed E-state index contributed by atoms with van der Waals surface area (Å²) in [6, 6.07) is 18.9. The molecule has 8 heteroatoms. The van der Waals surface area contributed by atoms with Gasteiger partial charge in [-0.15, -0.1) is 0 Å². The second-order valence-corrected chi connectivity index (χ2v) is 9.11. The Morgan fingerprint density at radius 1 is 1.09 bits per heavy atom. The van der Waals surface area contributed by atoms with Gasteiger partial charge in [-0.3, -0.25) is 9.69 Å². The molecule has 1 heterocycles. The van der Waals surface area contributed by atoms with E-state index < -0.39 is 0 Å². The lowest BCUT2D eigenvalue weighted by Crippen LogP contribution is -2.27. The zero-order valence-electron chi connectivity index (χ0n) is 17.6. The van der Waals surface area contributed by atoms with E-state index >= 15 is 0 Å². The van der Waals surface area contributed by atoms with Crippen LogP contribution in [0.15, 0.2) is 71.6 Å². The second-order valence-electron chi connectivity index (χ2n) is 7.03. The molecule has 0 radical (unpaired) electrons. The van der Waals surface area contributed by atoms with Crippen LogP contribution < -0.4 is 14.4 Å². The molecule has 4 rings (SSSR count). The summed E-state index contributed by atoms with van der Waals surface area (Å²) in [5.41, 5.74) is 2.19. The van der Waals surface area contributed by atoms with E-state index in [9.17, 15) is 9.18 Å². The largest absolute Gasteiger partial charge is 0.490 e. The maximum absolute atomic E-state index is 13.3. The number of carbonyl (C=O) groups excluding carboxylic acids is 1. The first kappa shape index (κ1) is 23.3. The summed E-state index contributed by atoms with van der Waals surface area (Å²) >= 11 is 13.1. The lowest BCUT2D eigenvalue weighted by atomic mass is 10.1. The number of benzene rings is 3. The molecule has 1 aliphatic heterocycles. The third-order valence-electron chi connectivity index (χ3n) is 4.73. The van der Waals surface area contributed by atoms with Gasteiger partial charge in [0.15, 0.2) is 15.8 Å². The van der Waals surface area contributed by atoms with Crippen LogP contribution >= 0.6 is 35.6 Å². The fourth-order valence-electron chi connectivity index (χ4n) is 3.24. The monoisotopic (exact) mass is 499 g/mol. The molecule has 0 spiro atoms. The molecule has 3 aromatic carbocycles. The van der Waals surface area contributed by atoms with Gasteiger partial charge < -0.3 is 9.47 Å². The highest BCUT2D eigenvalue weighted by molar-refractivity contribution is 8.27. The smallest absolute Gasteiger partial charge is 0.270 e. The van der Waals surface area contributed by atoms with Crippen molar-refractivity contribution in [2.75, 3.05) is 11.5 Å². The topological polar surface area (TPSA) is 38.8 Å². The van der Waals surface area contributed by atoms with Crippen molar-refractivity contribution >= 4 is 57.6 Å². The summed E-state index contributed by atoms with van der Waals surface area (Å²) < 4.78 is 25.3. The first-order valence-electron chi connectivity index (χ1n) is 10.1. The lowest BCUT2D eigenvalue weighted by molar-refractivity contribution is -0.113. The maximum atomic E-state index is 13.3. The van der Waals surface area contributed by atoms with Gasteiger partial charge in [0.05, 0.1) is 22.2 Å². The van der Waals surface area contributed by atoms with Gasteiger partial charge in [-0.05, 0) is 60.5 Å². The average molecular weight is 500 g/mol. The molecule has 1 amide bonds. The number of rotatable bonds is 7. The Morgan fingerprint density at radius 3 is 2.52 bits per heavy atom. The van der Waals surface area contributed by atoms with Crippen LogP contribution in [0.4, 0.5) is 10.1 Å².